The van der Waals surface area contributed by atoms with E-state index >= 15 is 0 Å². The molecule has 10 aromatic rings. The van der Waals surface area contributed by atoms with Crippen molar-refractivity contribution in [3.05, 3.63) is 187 Å². The van der Waals surface area contributed by atoms with Crippen LogP contribution in [-0.4, -0.2) is 4.57 Å². The second-order valence-corrected chi connectivity index (χ2v) is 14.9. The normalized spacial score (nSPS) is 15.4. The SMILES string of the molecule is CC1(n2c3ccc(-c4cccc(-c5ccccc5Nc5ccc6ccccc6c5)c4)cc3c3c4oc5ccccc5c4ccc32)C=Cc2ccccc2C1. The number of para-hydroxylation sites is 2. The Labute approximate surface area is 313 Å². The molecule has 0 aliphatic heterocycles. The van der Waals surface area contributed by atoms with E-state index in [1.165, 1.54) is 49.4 Å². The maximum absolute atomic E-state index is 6.73. The van der Waals surface area contributed by atoms with Crippen molar-refractivity contribution in [3.63, 3.8) is 0 Å². The van der Waals surface area contributed by atoms with Gasteiger partial charge in [0.1, 0.15) is 11.2 Å². The van der Waals surface area contributed by atoms with Gasteiger partial charge in [0, 0.05) is 33.1 Å². The fraction of sp³-hybridized carbons (Fsp3) is 0.0588. The summed E-state index contributed by atoms with van der Waals surface area (Å²) in [5, 5.41) is 10.8. The molecule has 1 aliphatic rings. The quantitative estimate of drug-likeness (QED) is 0.195. The van der Waals surface area contributed by atoms with Crippen LogP contribution in [0.1, 0.15) is 18.1 Å². The lowest BCUT2D eigenvalue weighted by Crippen LogP contribution is -2.32. The lowest BCUT2D eigenvalue weighted by atomic mass is 9.84. The Morgan fingerprint density at radius 3 is 2.31 bits per heavy atom. The summed E-state index contributed by atoms with van der Waals surface area (Å²) in [6.45, 7) is 2.36. The van der Waals surface area contributed by atoms with E-state index in [0.29, 0.717) is 0 Å². The van der Waals surface area contributed by atoms with Gasteiger partial charge in [-0.3, -0.25) is 0 Å². The number of rotatable bonds is 5. The second-order valence-electron chi connectivity index (χ2n) is 14.9. The van der Waals surface area contributed by atoms with E-state index < -0.39 is 0 Å². The number of benzene rings is 8. The van der Waals surface area contributed by atoms with Crippen LogP contribution < -0.4 is 5.32 Å². The first kappa shape index (κ1) is 30.8. The van der Waals surface area contributed by atoms with Crippen LogP contribution in [0.25, 0.3) is 82.8 Å². The third-order valence-corrected chi connectivity index (χ3v) is 11.5. The van der Waals surface area contributed by atoms with Gasteiger partial charge < -0.3 is 14.3 Å². The number of nitrogens with zero attached hydrogens (tertiary/aromatic N) is 1. The lowest BCUT2D eigenvalue weighted by molar-refractivity contribution is 0.430. The molecular formula is C51H36N2O. The predicted octanol–water partition coefficient (Wildman–Crippen LogP) is 13.9. The zero-order valence-corrected chi connectivity index (χ0v) is 29.9. The molecule has 3 heteroatoms. The first-order chi connectivity index (χ1) is 26.6. The lowest BCUT2D eigenvalue weighted by Gasteiger charge is -2.34. The van der Waals surface area contributed by atoms with Gasteiger partial charge in [-0.15, -0.1) is 0 Å². The molecule has 0 saturated heterocycles. The van der Waals surface area contributed by atoms with Gasteiger partial charge >= 0.3 is 0 Å². The number of nitrogens with one attached hydrogen (secondary N) is 1. The Balaban J connectivity index is 1.07. The van der Waals surface area contributed by atoms with E-state index in [0.717, 1.165) is 56.2 Å². The summed E-state index contributed by atoms with van der Waals surface area (Å²) in [4.78, 5) is 0. The molecule has 0 fully saturated rings. The Morgan fingerprint density at radius 1 is 0.574 bits per heavy atom. The molecule has 0 bridgehead atoms. The minimum Gasteiger partial charge on any atom is -0.455 e. The maximum Gasteiger partial charge on any atom is 0.145 e. The van der Waals surface area contributed by atoms with Gasteiger partial charge in [0.25, 0.3) is 0 Å². The molecule has 0 radical (unpaired) electrons. The minimum absolute atomic E-state index is 0.267. The van der Waals surface area contributed by atoms with Gasteiger partial charge in [-0.25, -0.2) is 0 Å². The van der Waals surface area contributed by atoms with Gasteiger partial charge in [-0.2, -0.15) is 0 Å². The Morgan fingerprint density at radius 2 is 1.35 bits per heavy atom. The van der Waals surface area contributed by atoms with Crippen LogP contribution in [0, 0.1) is 0 Å². The molecule has 256 valence electrons. The Hall–Kier alpha value is -6.84. The van der Waals surface area contributed by atoms with Crippen molar-refractivity contribution in [1.29, 1.82) is 0 Å². The third-order valence-electron chi connectivity index (χ3n) is 11.5. The molecule has 2 heterocycles. The first-order valence-corrected chi connectivity index (χ1v) is 18.7. The summed E-state index contributed by atoms with van der Waals surface area (Å²) in [6.07, 6.45) is 5.59. The van der Waals surface area contributed by atoms with Crippen LogP contribution in [0.2, 0.25) is 0 Å². The van der Waals surface area contributed by atoms with Gasteiger partial charge in [0.05, 0.1) is 22.0 Å². The molecule has 1 atom stereocenters. The van der Waals surface area contributed by atoms with E-state index in [-0.39, 0.29) is 5.54 Å². The van der Waals surface area contributed by atoms with Crippen LogP contribution in [0.15, 0.2) is 180 Å². The topological polar surface area (TPSA) is 30.1 Å². The van der Waals surface area contributed by atoms with Crippen LogP contribution in [-0.2, 0) is 12.0 Å². The van der Waals surface area contributed by atoms with E-state index in [4.69, 9.17) is 4.42 Å². The maximum atomic E-state index is 6.73. The number of allylic oxidation sites excluding steroid dienone is 1. The number of furan rings is 1. The van der Waals surface area contributed by atoms with Crippen molar-refractivity contribution < 1.29 is 4.42 Å². The third kappa shape index (κ3) is 4.82. The highest BCUT2D eigenvalue weighted by Gasteiger charge is 2.32. The zero-order chi connectivity index (χ0) is 35.8. The van der Waals surface area contributed by atoms with Gasteiger partial charge in [-0.1, -0.05) is 127 Å². The number of hydrogen-bond acceptors (Lipinski definition) is 2. The van der Waals surface area contributed by atoms with Gasteiger partial charge in [0.2, 0.25) is 0 Å². The van der Waals surface area contributed by atoms with Crippen molar-refractivity contribution >= 4 is 72.0 Å². The fourth-order valence-electron chi connectivity index (χ4n) is 8.87. The first-order valence-electron chi connectivity index (χ1n) is 18.7. The van der Waals surface area contributed by atoms with Crippen LogP contribution in [0.3, 0.4) is 0 Å². The summed E-state index contributed by atoms with van der Waals surface area (Å²) >= 11 is 0. The predicted molar refractivity (Wildman–Crippen MR) is 228 cm³/mol. The highest BCUT2D eigenvalue weighted by Crippen LogP contribution is 2.45. The monoisotopic (exact) mass is 692 g/mol. The van der Waals surface area contributed by atoms with Crippen molar-refractivity contribution in [3.8, 4) is 22.3 Å². The summed E-state index contributed by atoms with van der Waals surface area (Å²) in [6, 6.07) is 61.2. The van der Waals surface area contributed by atoms with Crippen LogP contribution in [0.5, 0.6) is 0 Å². The van der Waals surface area contributed by atoms with Crippen molar-refractivity contribution in [1.82, 2.24) is 4.57 Å². The van der Waals surface area contributed by atoms with Crippen molar-refractivity contribution in [2.45, 2.75) is 18.9 Å². The van der Waals surface area contributed by atoms with Crippen LogP contribution in [0.4, 0.5) is 11.4 Å². The van der Waals surface area contributed by atoms with E-state index in [2.05, 4.69) is 199 Å². The fourth-order valence-corrected chi connectivity index (χ4v) is 8.87. The molecule has 54 heavy (non-hydrogen) atoms. The molecule has 2 aromatic heterocycles. The molecule has 1 aliphatic carbocycles. The Bertz CT molecular complexity index is 3140. The standard InChI is InChI=1S/C51H36N2O/c1-51(28-27-34-12-3-5-14-39(34)32-51)53-46-25-22-37(31-44(46)49-47(53)26-24-43-42-18-7-9-20-48(42)54-50(43)49)35-15-10-16-38(29-35)41-17-6-8-19-45(41)52-40-23-21-33-11-2-4-13-36(33)30-40/h2-31,52H,32H2,1H3. The zero-order valence-electron chi connectivity index (χ0n) is 29.9. The summed E-state index contributed by atoms with van der Waals surface area (Å²) in [5.41, 5.74) is 13.5. The number of fused-ring (bicyclic) bond motifs is 9. The molecule has 8 aromatic carbocycles. The largest absolute Gasteiger partial charge is 0.455 e. The highest BCUT2D eigenvalue weighted by molar-refractivity contribution is 6.24. The molecular weight excluding hydrogens is 657 g/mol. The number of aromatic nitrogens is 1. The average Bonchev–Trinajstić information content (AvgIpc) is 3.77. The molecule has 0 saturated carbocycles. The number of anilines is 2. The summed E-state index contributed by atoms with van der Waals surface area (Å²) in [5.74, 6) is 0. The molecule has 11 rings (SSSR count). The van der Waals surface area contributed by atoms with Crippen LogP contribution >= 0.6 is 0 Å². The average molecular weight is 693 g/mol. The summed E-state index contributed by atoms with van der Waals surface area (Å²) < 4.78 is 9.28. The molecule has 0 amide bonds. The van der Waals surface area contributed by atoms with E-state index in [9.17, 15) is 0 Å². The smallest absolute Gasteiger partial charge is 0.145 e. The second kappa shape index (κ2) is 11.8. The summed E-state index contributed by atoms with van der Waals surface area (Å²) in [7, 11) is 0. The Kier molecular flexibility index (Phi) is 6.74. The van der Waals surface area contributed by atoms with Gasteiger partial charge in [-0.05, 0) is 107 Å². The van der Waals surface area contributed by atoms with Crippen molar-refractivity contribution in [2.75, 3.05) is 5.32 Å². The van der Waals surface area contributed by atoms with E-state index in [1.54, 1.807) is 0 Å². The van der Waals surface area contributed by atoms with Gasteiger partial charge in [0.15, 0.2) is 0 Å². The minimum atomic E-state index is -0.267. The number of hydrogen-bond donors (Lipinski definition) is 1. The molecule has 1 N–H and O–H groups in total. The van der Waals surface area contributed by atoms with E-state index in [1.807, 2.05) is 0 Å². The van der Waals surface area contributed by atoms with Crippen molar-refractivity contribution in [2.24, 2.45) is 0 Å². The highest BCUT2D eigenvalue weighted by atomic mass is 16.3. The molecule has 0 spiro atoms. The molecule has 3 nitrogen and oxygen atoms in total. The molecule has 1 unspecified atom stereocenters.